The molecule has 0 heterocycles. The van der Waals surface area contributed by atoms with Gasteiger partial charge < -0.3 is 5.32 Å². The molecule has 0 fully saturated rings. The molecule has 3 nitrogen and oxygen atoms in total. The molecule has 0 aliphatic carbocycles. The molecule has 114 valence electrons. The zero-order chi connectivity index (χ0) is 16.1. The number of amides is 1. The van der Waals surface area contributed by atoms with Crippen LogP contribution >= 0.6 is 12.2 Å². The Labute approximate surface area is 136 Å². The van der Waals surface area contributed by atoms with Gasteiger partial charge in [0.05, 0.1) is 0 Å². The first-order valence-electron chi connectivity index (χ1n) is 7.24. The highest BCUT2D eigenvalue weighted by molar-refractivity contribution is 7.80. The molecule has 0 aromatic heterocycles. The smallest absolute Gasteiger partial charge is 0.257 e. The van der Waals surface area contributed by atoms with E-state index in [0.29, 0.717) is 16.6 Å². The fourth-order valence-electron chi connectivity index (χ4n) is 2.08. The number of hydrogen-bond donors (Lipinski definition) is 2. The average Bonchev–Trinajstić information content (AvgIpc) is 2.47. The summed E-state index contributed by atoms with van der Waals surface area (Å²) >= 11 is 5.18. The standard InChI is InChI=1S/C18H20N2OS/c1-12(2)14-7-9-15(10-8-14)17(21)20-18(22)19-16-6-4-5-13(3)11-16/h4-12H,1-3H3,(H2,19,20,21,22). The van der Waals surface area contributed by atoms with Crippen LogP contribution in [0.25, 0.3) is 0 Å². The van der Waals surface area contributed by atoms with Crippen molar-refractivity contribution in [3.8, 4) is 0 Å². The lowest BCUT2D eigenvalue weighted by Crippen LogP contribution is -2.34. The lowest BCUT2D eigenvalue weighted by Gasteiger charge is -2.11. The van der Waals surface area contributed by atoms with E-state index in [-0.39, 0.29) is 5.91 Å². The van der Waals surface area contributed by atoms with Crippen LogP contribution in [0.4, 0.5) is 5.69 Å². The zero-order valence-electron chi connectivity index (χ0n) is 13.0. The van der Waals surface area contributed by atoms with Crippen molar-refractivity contribution >= 4 is 28.9 Å². The molecule has 2 rings (SSSR count). The molecule has 2 N–H and O–H groups in total. The van der Waals surface area contributed by atoms with E-state index >= 15 is 0 Å². The van der Waals surface area contributed by atoms with Crippen LogP contribution in [-0.4, -0.2) is 11.0 Å². The van der Waals surface area contributed by atoms with Crippen LogP contribution in [0.1, 0.15) is 41.3 Å². The number of rotatable bonds is 3. The molecule has 0 atom stereocenters. The molecule has 0 bridgehead atoms. The molecule has 1 amide bonds. The molecule has 0 saturated carbocycles. The van der Waals surface area contributed by atoms with Gasteiger partial charge in [0.1, 0.15) is 0 Å². The summed E-state index contributed by atoms with van der Waals surface area (Å²) in [6.45, 7) is 6.25. The van der Waals surface area contributed by atoms with E-state index in [1.807, 2.05) is 55.5 Å². The zero-order valence-corrected chi connectivity index (χ0v) is 13.8. The molecule has 0 radical (unpaired) electrons. The van der Waals surface area contributed by atoms with E-state index in [9.17, 15) is 4.79 Å². The van der Waals surface area contributed by atoms with E-state index in [1.165, 1.54) is 5.56 Å². The fraction of sp³-hybridized carbons (Fsp3) is 0.222. The van der Waals surface area contributed by atoms with Crippen molar-refractivity contribution in [2.45, 2.75) is 26.7 Å². The van der Waals surface area contributed by atoms with Crippen LogP contribution in [0.2, 0.25) is 0 Å². The van der Waals surface area contributed by atoms with Crippen LogP contribution in [0.15, 0.2) is 48.5 Å². The Morgan fingerprint density at radius 2 is 1.77 bits per heavy atom. The Morgan fingerprint density at radius 3 is 2.36 bits per heavy atom. The molecular formula is C18H20N2OS. The second-order valence-corrected chi connectivity index (χ2v) is 5.96. The summed E-state index contributed by atoms with van der Waals surface area (Å²) in [5.74, 6) is 0.238. The molecular weight excluding hydrogens is 292 g/mol. The molecule has 0 spiro atoms. The van der Waals surface area contributed by atoms with Crippen molar-refractivity contribution in [3.05, 3.63) is 65.2 Å². The maximum Gasteiger partial charge on any atom is 0.257 e. The molecule has 4 heteroatoms. The summed E-state index contributed by atoms with van der Waals surface area (Å²) in [5, 5.41) is 6.00. The highest BCUT2D eigenvalue weighted by atomic mass is 32.1. The van der Waals surface area contributed by atoms with Crippen LogP contribution in [0, 0.1) is 6.92 Å². The Balaban J connectivity index is 1.97. The first-order chi connectivity index (χ1) is 10.5. The fourth-order valence-corrected chi connectivity index (χ4v) is 2.29. The van der Waals surface area contributed by atoms with Gasteiger partial charge in [0.15, 0.2) is 5.11 Å². The monoisotopic (exact) mass is 312 g/mol. The Bertz CT molecular complexity index is 678. The van der Waals surface area contributed by atoms with Crippen molar-refractivity contribution in [1.29, 1.82) is 0 Å². The van der Waals surface area contributed by atoms with Gasteiger partial charge in [-0.1, -0.05) is 38.1 Å². The number of carbonyl (C=O) groups is 1. The van der Waals surface area contributed by atoms with Gasteiger partial charge in [-0.2, -0.15) is 0 Å². The summed E-state index contributed by atoms with van der Waals surface area (Å²) in [6, 6.07) is 15.4. The number of anilines is 1. The summed E-state index contributed by atoms with van der Waals surface area (Å²) in [5.41, 5.74) is 3.79. The maximum atomic E-state index is 12.2. The summed E-state index contributed by atoms with van der Waals surface area (Å²) < 4.78 is 0. The number of benzene rings is 2. The minimum absolute atomic E-state index is 0.208. The highest BCUT2D eigenvalue weighted by Crippen LogP contribution is 2.14. The Kier molecular flexibility index (Phi) is 5.28. The van der Waals surface area contributed by atoms with Crippen molar-refractivity contribution < 1.29 is 4.79 Å². The molecule has 22 heavy (non-hydrogen) atoms. The number of thiocarbonyl (C=S) groups is 1. The van der Waals surface area contributed by atoms with Crippen LogP contribution in [0.5, 0.6) is 0 Å². The highest BCUT2D eigenvalue weighted by Gasteiger charge is 2.08. The topological polar surface area (TPSA) is 41.1 Å². The van der Waals surface area contributed by atoms with Crippen molar-refractivity contribution in [2.75, 3.05) is 5.32 Å². The van der Waals surface area contributed by atoms with Crippen molar-refractivity contribution in [3.63, 3.8) is 0 Å². The Morgan fingerprint density at radius 1 is 1.09 bits per heavy atom. The van der Waals surface area contributed by atoms with Gasteiger partial charge in [-0.3, -0.25) is 10.1 Å². The van der Waals surface area contributed by atoms with Gasteiger partial charge in [0, 0.05) is 11.3 Å². The lowest BCUT2D eigenvalue weighted by molar-refractivity contribution is 0.0977. The minimum atomic E-state index is -0.208. The van der Waals surface area contributed by atoms with E-state index in [0.717, 1.165) is 11.3 Å². The minimum Gasteiger partial charge on any atom is -0.332 e. The third-order valence-electron chi connectivity index (χ3n) is 3.34. The second-order valence-electron chi connectivity index (χ2n) is 5.55. The summed E-state index contributed by atoms with van der Waals surface area (Å²) in [6.07, 6.45) is 0. The number of carbonyl (C=O) groups excluding carboxylic acids is 1. The van der Waals surface area contributed by atoms with Crippen LogP contribution in [-0.2, 0) is 0 Å². The van der Waals surface area contributed by atoms with Gasteiger partial charge in [0.2, 0.25) is 0 Å². The number of hydrogen-bond acceptors (Lipinski definition) is 2. The molecule has 0 aliphatic rings. The molecule has 0 saturated heterocycles. The molecule has 2 aromatic carbocycles. The third kappa shape index (κ3) is 4.40. The first kappa shape index (κ1) is 16.2. The number of aryl methyl sites for hydroxylation is 1. The summed E-state index contributed by atoms with van der Waals surface area (Å²) in [4.78, 5) is 12.2. The third-order valence-corrected chi connectivity index (χ3v) is 3.55. The quantitative estimate of drug-likeness (QED) is 0.833. The largest absolute Gasteiger partial charge is 0.332 e. The van der Waals surface area contributed by atoms with E-state index in [4.69, 9.17) is 12.2 Å². The normalized spacial score (nSPS) is 10.4. The van der Waals surface area contributed by atoms with Gasteiger partial charge >= 0.3 is 0 Å². The summed E-state index contributed by atoms with van der Waals surface area (Å²) in [7, 11) is 0. The van der Waals surface area contributed by atoms with Crippen LogP contribution in [0.3, 0.4) is 0 Å². The molecule has 2 aromatic rings. The first-order valence-corrected chi connectivity index (χ1v) is 7.65. The predicted molar refractivity (Wildman–Crippen MR) is 95.4 cm³/mol. The van der Waals surface area contributed by atoms with Gasteiger partial charge in [-0.25, -0.2) is 0 Å². The van der Waals surface area contributed by atoms with Gasteiger partial charge in [-0.05, 0) is 60.5 Å². The van der Waals surface area contributed by atoms with Crippen molar-refractivity contribution in [2.24, 2.45) is 0 Å². The van der Waals surface area contributed by atoms with E-state index in [1.54, 1.807) is 0 Å². The maximum absolute atomic E-state index is 12.2. The molecule has 0 aliphatic heterocycles. The predicted octanol–water partition coefficient (Wildman–Crippen LogP) is 4.25. The van der Waals surface area contributed by atoms with Crippen LogP contribution < -0.4 is 10.6 Å². The molecule has 0 unspecified atom stereocenters. The SMILES string of the molecule is Cc1cccc(NC(=S)NC(=O)c2ccc(C(C)C)cc2)c1. The average molecular weight is 312 g/mol. The lowest BCUT2D eigenvalue weighted by atomic mass is 10.0. The van der Waals surface area contributed by atoms with Gasteiger partial charge in [0.25, 0.3) is 5.91 Å². The number of nitrogens with one attached hydrogen (secondary N) is 2. The second kappa shape index (κ2) is 7.18. The van der Waals surface area contributed by atoms with Gasteiger partial charge in [-0.15, -0.1) is 0 Å². The van der Waals surface area contributed by atoms with Crippen molar-refractivity contribution in [1.82, 2.24) is 5.32 Å². The Hall–Kier alpha value is -2.20. The van der Waals surface area contributed by atoms with E-state index < -0.39 is 0 Å². The van der Waals surface area contributed by atoms with E-state index in [2.05, 4.69) is 24.5 Å².